The maximum atomic E-state index is 5.56. The summed E-state index contributed by atoms with van der Waals surface area (Å²) >= 11 is 0. The van der Waals surface area contributed by atoms with Crippen LogP contribution in [-0.2, 0) is 0 Å². The van der Waals surface area contributed by atoms with Crippen LogP contribution in [0.2, 0.25) is 0 Å². The normalized spacial score (nSPS) is 11.3. The largest absolute Gasteiger partial charge is 0.244 e. The zero-order chi connectivity index (χ0) is 47.8. The first-order valence-corrected chi connectivity index (χ1v) is 24.4. The Kier molecular flexibility index (Phi) is 10.8. The van der Waals surface area contributed by atoms with Gasteiger partial charge in [-0.2, -0.15) is 0 Å². The fourth-order valence-corrected chi connectivity index (χ4v) is 11.1. The Morgan fingerprint density at radius 2 is 0.389 bits per heavy atom. The number of benzene rings is 10. The molecular formula is C68H44N4. The molecular weight excluding hydrogens is 873 g/mol. The summed E-state index contributed by atoms with van der Waals surface area (Å²) in [6.07, 6.45) is 7.51. The molecule has 0 N–H and O–H groups in total. The molecule has 2 aromatic heterocycles. The Morgan fingerprint density at radius 3 is 0.611 bits per heavy atom. The summed E-state index contributed by atoms with van der Waals surface area (Å²) in [5, 5.41) is 7.36. The minimum absolute atomic E-state index is 0.811. The molecule has 0 atom stereocenters. The van der Waals surface area contributed by atoms with Crippen molar-refractivity contribution < 1.29 is 0 Å². The van der Waals surface area contributed by atoms with E-state index in [9.17, 15) is 0 Å². The van der Waals surface area contributed by atoms with Crippen LogP contribution in [0.5, 0.6) is 0 Å². The predicted octanol–water partition coefficient (Wildman–Crippen LogP) is 16.1. The highest BCUT2D eigenvalue weighted by Crippen LogP contribution is 2.50. The average Bonchev–Trinajstić information content (AvgIpc) is 3.47. The lowest BCUT2D eigenvalue weighted by Crippen LogP contribution is -2.05. The van der Waals surface area contributed by atoms with Crippen LogP contribution in [0.1, 0.15) is 0 Å². The molecule has 2 heterocycles. The number of fused-ring (bicyclic) bond motifs is 4. The quantitative estimate of drug-likeness (QED) is 0.152. The van der Waals surface area contributed by atoms with Gasteiger partial charge >= 0.3 is 0 Å². The molecule has 12 aromatic rings. The summed E-state index contributed by atoms with van der Waals surface area (Å²) in [5.74, 6) is 0. The third-order valence-corrected chi connectivity index (χ3v) is 13.9. The maximum Gasteiger partial charge on any atom is 0.116 e. The van der Waals surface area contributed by atoms with Gasteiger partial charge in [-0.3, -0.25) is 0 Å². The summed E-state index contributed by atoms with van der Waals surface area (Å²) in [7, 11) is 0. The summed E-state index contributed by atoms with van der Waals surface area (Å²) < 4.78 is 0. The van der Waals surface area contributed by atoms with E-state index in [4.69, 9.17) is 19.9 Å². The van der Waals surface area contributed by atoms with Crippen molar-refractivity contribution in [2.75, 3.05) is 0 Å². The Hall–Kier alpha value is -9.64. The third-order valence-electron chi connectivity index (χ3n) is 13.9. The molecule has 72 heavy (non-hydrogen) atoms. The van der Waals surface area contributed by atoms with Crippen molar-refractivity contribution in [1.82, 2.24) is 19.9 Å². The lowest BCUT2D eigenvalue weighted by Gasteiger charge is -2.25. The van der Waals surface area contributed by atoms with Crippen LogP contribution in [0.3, 0.4) is 0 Å². The molecule has 0 spiro atoms. The van der Waals surface area contributed by atoms with Gasteiger partial charge in [0.15, 0.2) is 0 Å². The Morgan fingerprint density at radius 1 is 0.194 bits per heavy atom. The molecule has 336 valence electrons. The number of nitrogens with zero attached hydrogens (tertiary/aromatic N) is 4. The van der Waals surface area contributed by atoms with Gasteiger partial charge in [0.1, 0.15) is 12.7 Å². The monoisotopic (exact) mass is 916 g/mol. The fraction of sp³-hybridized carbons (Fsp3) is 0. The number of hydrogen-bond acceptors (Lipinski definition) is 4. The second-order valence-corrected chi connectivity index (χ2v) is 18.0. The number of aromatic nitrogens is 4. The van der Waals surface area contributed by atoms with Crippen LogP contribution in [0.15, 0.2) is 268 Å². The van der Waals surface area contributed by atoms with E-state index in [0.717, 1.165) is 131 Å². The molecule has 10 aromatic carbocycles. The van der Waals surface area contributed by atoms with E-state index in [1.165, 1.54) is 0 Å². The van der Waals surface area contributed by atoms with E-state index in [1.54, 1.807) is 12.7 Å². The van der Waals surface area contributed by atoms with E-state index in [0.29, 0.717) is 0 Å². The van der Waals surface area contributed by atoms with Crippen molar-refractivity contribution in [1.29, 1.82) is 0 Å². The third kappa shape index (κ3) is 7.16. The van der Waals surface area contributed by atoms with Crippen molar-refractivity contribution in [3.8, 4) is 89.0 Å². The van der Waals surface area contributed by atoms with Crippen LogP contribution in [0, 0.1) is 42.0 Å². The first kappa shape index (κ1) is 42.5. The van der Waals surface area contributed by atoms with Crippen molar-refractivity contribution in [2.24, 2.45) is 0 Å². The van der Waals surface area contributed by atoms with Gasteiger partial charge in [-0.05, 0) is 77.9 Å². The second kappa shape index (κ2) is 18.4. The molecule has 0 aliphatic heterocycles. The van der Waals surface area contributed by atoms with Crippen LogP contribution >= 0.6 is 0 Å². The minimum atomic E-state index is 0.811. The van der Waals surface area contributed by atoms with Gasteiger partial charge < -0.3 is 0 Å². The lowest BCUT2D eigenvalue weighted by molar-refractivity contribution is 1.05. The zero-order valence-corrected chi connectivity index (χ0v) is 39.2. The predicted molar refractivity (Wildman–Crippen MR) is 291 cm³/mol. The summed E-state index contributed by atoms with van der Waals surface area (Å²) in [6, 6.07) is 86.7. The van der Waals surface area contributed by atoms with Gasteiger partial charge in [-0.15, -0.1) is 0 Å². The summed E-state index contributed by atoms with van der Waals surface area (Å²) in [6.45, 7) is 0. The van der Waals surface area contributed by atoms with Crippen molar-refractivity contribution >= 4 is 0 Å². The molecule has 4 nitrogen and oxygen atoms in total. The molecule has 1 aliphatic carbocycles. The molecule has 0 fully saturated rings. The van der Waals surface area contributed by atoms with Gasteiger partial charge in [-0.1, -0.05) is 243 Å². The van der Waals surface area contributed by atoms with Gasteiger partial charge in [0.25, 0.3) is 0 Å². The molecule has 0 unspecified atom stereocenters. The fourth-order valence-electron chi connectivity index (χ4n) is 11.1. The molecule has 4 heteroatoms. The van der Waals surface area contributed by atoms with Crippen LogP contribution < -0.4 is 0 Å². The average molecular weight is 917 g/mol. The van der Waals surface area contributed by atoms with E-state index >= 15 is 0 Å². The second-order valence-electron chi connectivity index (χ2n) is 18.0. The van der Waals surface area contributed by atoms with E-state index in [2.05, 4.69) is 243 Å². The first-order valence-electron chi connectivity index (χ1n) is 24.4. The highest BCUT2D eigenvalue weighted by Gasteiger charge is 2.28. The standard InChI is InChI=1S/C68H44N4/c1-9-25-45(26-10-1)55-57(47-29-13-3-14-30-47)61(51-37-21-7-22-38-51)65-63(59(55)49-33-17-5-18-34-49)53-41-69-43-71-67(53)66-62(52-39-23-8-24-40-52)58(48-31-15-4-16-32-48)56(46-27-11-2-12-28-46)60(50-35-19-6-20-36-50)64(66)54-42-70-44-72-68(54)65/h1-44H. The van der Waals surface area contributed by atoms with Gasteiger partial charge in [0.2, 0.25) is 0 Å². The Labute approximate surface area is 416 Å². The van der Waals surface area contributed by atoms with Crippen LogP contribution in [0.4, 0.5) is 0 Å². The minimum Gasteiger partial charge on any atom is -0.244 e. The smallest absolute Gasteiger partial charge is 0.116 e. The van der Waals surface area contributed by atoms with Gasteiger partial charge in [-0.25, -0.2) is 19.9 Å². The first-order chi connectivity index (χ1) is 35.8. The SMILES string of the molecule is c1ccc(-c2c(-c3ccccc3)c(-c3ccccc3)c3c(c2-c2ccccc2)=c2cncnc2=c2c(-c4ccccc4)c(-c4ccccc4)c(-c4ccccc4)c(-c4ccccc4)c2=c2cncnc2=3)cc1. The summed E-state index contributed by atoms with van der Waals surface area (Å²) in [4.78, 5) is 21.1. The van der Waals surface area contributed by atoms with Crippen molar-refractivity contribution in [3.05, 3.63) is 310 Å². The van der Waals surface area contributed by atoms with Crippen LogP contribution in [0.25, 0.3) is 89.0 Å². The van der Waals surface area contributed by atoms with Crippen molar-refractivity contribution in [3.63, 3.8) is 0 Å². The molecule has 1 aliphatic rings. The van der Waals surface area contributed by atoms with E-state index in [-0.39, 0.29) is 0 Å². The van der Waals surface area contributed by atoms with Crippen LogP contribution in [-0.4, -0.2) is 19.9 Å². The van der Waals surface area contributed by atoms with E-state index < -0.39 is 0 Å². The molecule has 0 saturated heterocycles. The van der Waals surface area contributed by atoms with Crippen molar-refractivity contribution in [2.45, 2.75) is 0 Å². The van der Waals surface area contributed by atoms with E-state index in [1.807, 2.05) is 12.4 Å². The Balaban J connectivity index is 1.51. The maximum absolute atomic E-state index is 5.56. The molecule has 0 radical (unpaired) electrons. The Bertz CT molecular complexity index is 3800. The number of hydrogen-bond donors (Lipinski definition) is 0. The van der Waals surface area contributed by atoms with Gasteiger partial charge in [0.05, 0.1) is 10.7 Å². The zero-order valence-electron chi connectivity index (χ0n) is 39.2. The number of rotatable bonds is 8. The van der Waals surface area contributed by atoms with Gasteiger partial charge in [0, 0.05) is 54.8 Å². The lowest BCUT2D eigenvalue weighted by atomic mass is 9.78. The topological polar surface area (TPSA) is 51.6 Å². The highest BCUT2D eigenvalue weighted by molar-refractivity contribution is 6.04. The summed E-state index contributed by atoms with van der Waals surface area (Å²) in [5.41, 5.74) is 17.3. The molecule has 0 saturated carbocycles. The highest BCUT2D eigenvalue weighted by atomic mass is 14.8. The molecule has 13 rings (SSSR count). The molecule has 0 amide bonds. The molecule has 0 bridgehead atoms.